The van der Waals surface area contributed by atoms with Crippen LogP contribution >= 0.6 is 0 Å². The van der Waals surface area contributed by atoms with Gasteiger partial charge < -0.3 is 5.32 Å². The van der Waals surface area contributed by atoms with Crippen molar-refractivity contribution in [3.8, 4) is 0 Å². The van der Waals surface area contributed by atoms with Crippen molar-refractivity contribution in [2.24, 2.45) is 0 Å². The zero-order valence-electron chi connectivity index (χ0n) is 12.6. The lowest BCUT2D eigenvalue weighted by Crippen LogP contribution is -2.28. The Balaban J connectivity index is 1.84. The number of hydrogen-bond donors (Lipinski definition) is 1. The van der Waals surface area contributed by atoms with E-state index in [0.29, 0.717) is 12.8 Å². The standard InChI is InChI=1S/C18H16F3NO/c1-12-7-8-14(11-15(12)18(19,20)21)22-16(23)17(9-10-17)13-5-3-2-4-6-13/h2-8,11H,9-10H2,1H3,(H,22,23). The highest BCUT2D eigenvalue weighted by Gasteiger charge is 2.51. The van der Waals surface area contributed by atoms with E-state index in [-0.39, 0.29) is 17.2 Å². The molecule has 120 valence electrons. The molecule has 1 amide bonds. The van der Waals surface area contributed by atoms with Crippen LogP contribution in [0.5, 0.6) is 0 Å². The Morgan fingerprint density at radius 2 is 1.74 bits per heavy atom. The van der Waals surface area contributed by atoms with E-state index in [4.69, 9.17) is 0 Å². The number of halogens is 3. The SMILES string of the molecule is Cc1ccc(NC(=O)C2(c3ccccc3)CC2)cc1C(F)(F)F. The molecule has 0 aromatic heterocycles. The maximum Gasteiger partial charge on any atom is 0.416 e. The van der Waals surface area contributed by atoms with Crippen LogP contribution in [-0.2, 0) is 16.4 Å². The Labute approximate surface area is 132 Å². The lowest BCUT2D eigenvalue weighted by atomic mass is 9.95. The lowest BCUT2D eigenvalue weighted by molar-refractivity contribution is -0.138. The van der Waals surface area contributed by atoms with E-state index < -0.39 is 17.2 Å². The molecule has 2 nitrogen and oxygen atoms in total. The molecule has 2 aromatic rings. The number of hydrogen-bond acceptors (Lipinski definition) is 1. The first-order chi connectivity index (χ1) is 10.8. The molecule has 23 heavy (non-hydrogen) atoms. The fourth-order valence-electron chi connectivity index (χ4n) is 2.78. The van der Waals surface area contributed by atoms with E-state index >= 15 is 0 Å². The van der Waals surface area contributed by atoms with Gasteiger partial charge in [0, 0.05) is 5.69 Å². The van der Waals surface area contributed by atoms with E-state index in [1.807, 2.05) is 30.3 Å². The first-order valence-corrected chi connectivity index (χ1v) is 7.38. The van der Waals surface area contributed by atoms with Gasteiger partial charge in [0.15, 0.2) is 0 Å². The van der Waals surface area contributed by atoms with Gasteiger partial charge in [0.1, 0.15) is 0 Å². The summed E-state index contributed by atoms with van der Waals surface area (Å²) in [4.78, 5) is 12.6. The number of alkyl halides is 3. The number of carbonyl (C=O) groups excluding carboxylic acids is 1. The van der Waals surface area contributed by atoms with E-state index in [0.717, 1.165) is 11.6 Å². The molecule has 0 bridgehead atoms. The zero-order valence-corrected chi connectivity index (χ0v) is 12.6. The quantitative estimate of drug-likeness (QED) is 0.874. The summed E-state index contributed by atoms with van der Waals surface area (Å²) in [7, 11) is 0. The lowest BCUT2D eigenvalue weighted by Gasteiger charge is -2.17. The molecule has 1 aliphatic rings. The molecule has 0 unspecified atom stereocenters. The molecule has 1 N–H and O–H groups in total. The van der Waals surface area contributed by atoms with Crippen LogP contribution in [0.1, 0.15) is 29.5 Å². The molecule has 0 spiro atoms. The largest absolute Gasteiger partial charge is 0.416 e. The molecule has 0 radical (unpaired) electrons. The smallest absolute Gasteiger partial charge is 0.325 e. The normalized spacial score (nSPS) is 16.0. The van der Waals surface area contributed by atoms with Crippen LogP contribution in [0, 0.1) is 6.92 Å². The zero-order chi connectivity index (χ0) is 16.7. The Morgan fingerprint density at radius 3 is 2.30 bits per heavy atom. The third kappa shape index (κ3) is 2.96. The van der Waals surface area contributed by atoms with Crippen LogP contribution in [0.3, 0.4) is 0 Å². The second kappa shape index (κ2) is 5.41. The van der Waals surface area contributed by atoms with Gasteiger partial charge in [0.2, 0.25) is 5.91 Å². The average Bonchev–Trinajstić information content (AvgIpc) is 3.31. The van der Waals surface area contributed by atoms with Gasteiger partial charge in [-0.05, 0) is 43.0 Å². The summed E-state index contributed by atoms with van der Waals surface area (Å²) in [6.07, 6.45) is -3.01. The Bertz CT molecular complexity index is 734. The topological polar surface area (TPSA) is 29.1 Å². The van der Waals surface area contributed by atoms with Crippen LogP contribution in [0.15, 0.2) is 48.5 Å². The molecule has 1 saturated carbocycles. The Kier molecular flexibility index (Phi) is 3.66. The predicted molar refractivity (Wildman–Crippen MR) is 82.2 cm³/mol. The average molecular weight is 319 g/mol. The minimum Gasteiger partial charge on any atom is -0.325 e. The van der Waals surface area contributed by atoms with Crippen molar-refractivity contribution in [3.63, 3.8) is 0 Å². The summed E-state index contributed by atoms with van der Waals surface area (Å²) >= 11 is 0. The Hall–Kier alpha value is -2.30. The summed E-state index contributed by atoms with van der Waals surface area (Å²) in [5, 5.41) is 2.64. The van der Waals surface area contributed by atoms with Gasteiger partial charge in [-0.15, -0.1) is 0 Å². The first kappa shape index (κ1) is 15.6. The third-order valence-electron chi connectivity index (χ3n) is 4.31. The van der Waals surface area contributed by atoms with Crippen LogP contribution in [0.25, 0.3) is 0 Å². The highest BCUT2D eigenvalue weighted by atomic mass is 19.4. The molecule has 2 aromatic carbocycles. The summed E-state index contributed by atoms with van der Waals surface area (Å²) in [6.45, 7) is 1.40. The van der Waals surface area contributed by atoms with Crippen LogP contribution < -0.4 is 5.32 Å². The summed E-state index contributed by atoms with van der Waals surface area (Å²) in [6, 6.07) is 13.2. The minimum absolute atomic E-state index is 0.139. The fraction of sp³-hybridized carbons (Fsp3) is 0.278. The number of amides is 1. The molecule has 0 aliphatic heterocycles. The van der Waals surface area contributed by atoms with Crippen molar-refractivity contribution < 1.29 is 18.0 Å². The van der Waals surface area contributed by atoms with E-state index in [2.05, 4.69) is 5.32 Å². The summed E-state index contributed by atoms with van der Waals surface area (Å²) < 4.78 is 38.9. The van der Waals surface area contributed by atoms with Gasteiger partial charge in [-0.25, -0.2) is 0 Å². The fourth-order valence-corrected chi connectivity index (χ4v) is 2.78. The minimum atomic E-state index is -4.43. The van der Waals surface area contributed by atoms with Crippen LogP contribution in [-0.4, -0.2) is 5.91 Å². The number of rotatable bonds is 3. The maximum atomic E-state index is 13.0. The van der Waals surface area contributed by atoms with Crippen LogP contribution in [0.2, 0.25) is 0 Å². The predicted octanol–water partition coefficient (Wildman–Crippen LogP) is 4.68. The molecule has 0 saturated heterocycles. The second-order valence-corrected chi connectivity index (χ2v) is 5.93. The summed E-state index contributed by atoms with van der Waals surface area (Å²) in [5.74, 6) is -0.249. The number of nitrogens with one attached hydrogen (secondary N) is 1. The van der Waals surface area contributed by atoms with E-state index in [9.17, 15) is 18.0 Å². The van der Waals surface area contributed by atoms with Crippen molar-refractivity contribution in [2.45, 2.75) is 31.4 Å². The molecule has 1 fully saturated rings. The van der Waals surface area contributed by atoms with Crippen molar-refractivity contribution in [2.75, 3.05) is 5.32 Å². The highest BCUT2D eigenvalue weighted by Crippen LogP contribution is 2.49. The first-order valence-electron chi connectivity index (χ1n) is 7.38. The summed E-state index contributed by atoms with van der Waals surface area (Å²) in [5.41, 5.74) is -0.111. The van der Waals surface area contributed by atoms with Gasteiger partial charge in [-0.1, -0.05) is 36.4 Å². The van der Waals surface area contributed by atoms with Crippen molar-refractivity contribution in [3.05, 3.63) is 65.2 Å². The monoisotopic (exact) mass is 319 g/mol. The Morgan fingerprint density at radius 1 is 1.09 bits per heavy atom. The van der Waals surface area contributed by atoms with Crippen LogP contribution in [0.4, 0.5) is 18.9 Å². The van der Waals surface area contributed by atoms with Gasteiger partial charge >= 0.3 is 6.18 Å². The second-order valence-electron chi connectivity index (χ2n) is 5.93. The molecule has 3 rings (SSSR count). The van der Waals surface area contributed by atoms with Gasteiger partial charge in [-0.2, -0.15) is 13.2 Å². The van der Waals surface area contributed by atoms with Crippen molar-refractivity contribution in [1.29, 1.82) is 0 Å². The van der Waals surface area contributed by atoms with Gasteiger partial charge in [0.25, 0.3) is 0 Å². The maximum absolute atomic E-state index is 13.0. The molecule has 5 heteroatoms. The molecular formula is C18H16F3NO. The number of benzene rings is 2. The van der Waals surface area contributed by atoms with Gasteiger partial charge in [-0.3, -0.25) is 4.79 Å². The molecule has 0 heterocycles. The third-order valence-corrected chi connectivity index (χ3v) is 4.31. The molecule has 0 atom stereocenters. The highest BCUT2D eigenvalue weighted by molar-refractivity contribution is 6.01. The van der Waals surface area contributed by atoms with Crippen molar-refractivity contribution in [1.82, 2.24) is 0 Å². The van der Waals surface area contributed by atoms with E-state index in [1.165, 1.54) is 19.1 Å². The number of carbonyl (C=O) groups is 1. The molecular weight excluding hydrogens is 303 g/mol. The number of anilines is 1. The van der Waals surface area contributed by atoms with Gasteiger partial charge in [0.05, 0.1) is 11.0 Å². The van der Waals surface area contributed by atoms with Crippen molar-refractivity contribution >= 4 is 11.6 Å². The number of aryl methyl sites for hydroxylation is 1. The van der Waals surface area contributed by atoms with E-state index in [1.54, 1.807) is 0 Å². The molecule has 1 aliphatic carbocycles.